The third-order valence-corrected chi connectivity index (χ3v) is 3.53. The highest BCUT2D eigenvalue weighted by Crippen LogP contribution is 2.16. The number of carbonyl (C=O) groups excluding carboxylic acids is 1. The maximum Gasteiger partial charge on any atom is 0.167 e. The van der Waals surface area contributed by atoms with Crippen LogP contribution in [0.3, 0.4) is 0 Å². The Morgan fingerprint density at radius 3 is 2.05 bits per heavy atom. The van der Waals surface area contributed by atoms with Crippen LogP contribution < -0.4 is 4.90 Å². The van der Waals surface area contributed by atoms with Crippen molar-refractivity contribution in [1.29, 1.82) is 0 Å². The van der Waals surface area contributed by atoms with Crippen LogP contribution in [0, 0.1) is 0 Å². The number of carbonyl (C=O) groups is 1. The van der Waals surface area contributed by atoms with E-state index in [4.69, 9.17) is 0 Å². The number of ketones is 1. The molecule has 0 saturated carbocycles. The van der Waals surface area contributed by atoms with Crippen LogP contribution in [-0.2, 0) is 6.42 Å². The van der Waals surface area contributed by atoms with Crippen LogP contribution >= 0.6 is 0 Å². The lowest BCUT2D eigenvalue weighted by Crippen LogP contribution is -2.21. The van der Waals surface area contributed by atoms with E-state index in [1.807, 2.05) is 54.6 Å². The minimum atomic E-state index is 0.169. The summed E-state index contributed by atoms with van der Waals surface area (Å²) in [5, 5.41) is 0. The fraction of sp³-hybridized carbons (Fsp3) is 0.278. The molecule has 2 nitrogen and oxygen atoms in total. The largest absolute Gasteiger partial charge is 0.372 e. The van der Waals surface area contributed by atoms with E-state index in [1.165, 1.54) is 5.69 Å². The van der Waals surface area contributed by atoms with Gasteiger partial charge in [0.1, 0.15) is 0 Å². The molecule has 0 fully saturated rings. The van der Waals surface area contributed by atoms with Gasteiger partial charge in [0, 0.05) is 30.8 Å². The molecule has 0 spiro atoms. The number of benzene rings is 2. The van der Waals surface area contributed by atoms with Crippen molar-refractivity contribution in [3.63, 3.8) is 0 Å². The SMILES string of the molecule is CCN(CC)c1ccc(C(=O)Cc2ccccc2)cc1. The van der Waals surface area contributed by atoms with E-state index in [9.17, 15) is 4.79 Å². The Hall–Kier alpha value is -2.09. The molecule has 0 unspecified atom stereocenters. The fourth-order valence-electron chi connectivity index (χ4n) is 2.33. The lowest BCUT2D eigenvalue weighted by atomic mass is 10.0. The van der Waals surface area contributed by atoms with Crippen molar-refractivity contribution in [3.05, 3.63) is 65.7 Å². The summed E-state index contributed by atoms with van der Waals surface area (Å²) in [5.41, 5.74) is 3.02. The quantitative estimate of drug-likeness (QED) is 0.738. The molecule has 2 aromatic carbocycles. The molecule has 0 bridgehead atoms. The molecule has 0 N–H and O–H groups in total. The van der Waals surface area contributed by atoms with Crippen molar-refractivity contribution in [3.8, 4) is 0 Å². The number of anilines is 1. The summed E-state index contributed by atoms with van der Waals surface area (Å²) < 4.78 is 0. The first-order chi connectivity index (χ1) is 9.74. The van der Waals surface area contributed by atoms with Gasteiger partial charge in [-0.25, -0.2) is 0 Å². The van der Waals surface area contributed by atoms with Crippen molar-refractivity contribution < 1.29 is 4.79 Å². The summed E-state index contributed by atoms with van der Waals surface area (Å²) >= 11 is 0. The molecule has 0 radical (unpaired) electrons. The van der Waals surface area contributed by atoms with Crippen molar-refractivity contribution >= 4 is 11.5 Å². The normalized spacial score (nSPS) is 10.3. The monoisotopic (exact) mass is 267 g/mol. The van der Waals surface area contributed by atoms with Crippen LogP contribution in [0.5, 0.6) is 0 Å². The molecular formula is C18H21NO. The summed E-state index contributed by atoms with van der Waals surface area (Å²) in [5.74, 6) is 0.169. The van der Waals surface area contributed by atoms with Gasteiger partial charge in [-0.1, -0.05) is 30.3 Å². The highest BCUT2D eigenvalue weighted by molar-refractivity contribution is 5.97. The molecule has 0 aliphatic rings. The Balaban J connectivity index is 2.08. The standard InChI is InChI=1S/C18H21NO/c1-3-19(4-2)17-12-10-16(11-13-17)18(20)14-15-8-6-5-7-9-15/h5-13H,3-4,14H2,1-2H3. The van der Waals surface area contributed by atoms with Crippen LogP contribution in [0.2, 0.25) is 0 Å². The van der Waals surface area contributed by atoms with Crippen LogP contribution in [-0.4, -0.2) is 18.9 Å². The van der Waals surface area contributed by atoms with Gasteiger partial charge in [-0.05, 0) is 43.7 Å². The highest BCUT2D eigenvalue weighted by Gasteiger charge is 2.08. The third-order valence-electron chi connectivity index (χ3n) is 3.53. The molecule has 0 amide bonds. The Labute approximate surface area is 121 Å². The van der Waals surface area contributed by atoms with Gasteiger partial charge in [-0.2, -0.15) is 0 Å². The first-order valence-electron chi connectivity index (χ1n) is 7.16. The lowest BCUT2D eigenvalue weighted by Gasteiger charge is -2.21. The molecule has 0 aliphatic heterocycles. The summed E-state index contributed by atoms with van der Waals surface area (Å²) in [6.45, 7) is 6.23. The summed E-state index contributed by atoms with van der Waals surface area (Å²) in [6, 6.07) is 17.8. The lowest BCUT2D eigenvalue weighted by molar-refractivity contribution is 0.0993. The van der Waals surface area contributed by atoms with Gasteiger partial charge in [-0.3, -0.25) is 4.79 Å². The Morgan fingerprint density at radius 2 is 1.50 bits per heavy atom. The molecule has 2 rings (SSSR count). The molecule has 0 atom stereocenters. The molecule has 0 aromatic heterocycles. The van der Waals surface area contributed by atoms with E-state index in [0.29, 0.717) is 6.42 Å². The van der Waals surface area contributed by atoms with Crippen molar-refractivity contribution in [2.24, 2.45) is 0 Å². The van der Waals surface area contributed by atoms with Crippen LogP contribution in [0.15, 0.2) is 54.6 Å². The number of rotatable bonds is 6. The third kappa shape index (κ3) is 3.47. The van der Waals surface area contributed by atoms with Crippen molar-refractivity contribution in [1.82, 2.24) is 0 Å². The van der Waals surface area contributed by atoms with E-state index >= 15 is 0 Å². The van der Waals surface area contributed by atoms with Gasteiger partial charge in [-0.15, -0.1) is 0 Å². The predicted molar refractivity (Wildman–Crippen MR) is 84.5 cm³/mol. The summed E-state index contributed by atoms with van der Waals surface area (Å²) in [4.78, 5) is 14.5. The number of hydrogen-bond donors (Lipinski definition) is 0. The molecule has 0 saturated heterocycles. The van der Waals surface area contributed by atoms with Crippen molar-refractivity contribution in [2.45, 2.75) is 20.3 Å². The number of hydrogen-bond acceptors (Lipinski definition) is 2. The van der Waals surface area contributed by atoms with Gasteiger partial charge in [0.15, 0.2) is 5.78 Å². The smallest absolute Gasteiger partial charge is 0.167 e. The summed E-state index contributed by atoms with van der Waals surface area (Å²) in [7, 11) is 0. The molecular weight excluding hydrogens is 246 g/mol. The Bertz CT molecular complexity index is 541. The molecule has 104 valence electrons. The Kier molecular flexibility index (Phi) is 4.94. The second-order valence-electron chi connectivity index (χ2n) is 4.80. The summed E-state index contributed by atoms with van der Waals surface area (Å²) in [6.07, 6.45) is 0.464. The zero-order valence-electron chi connectivity index (χ0n) is 12.2. The van der Waals surface area contributed by atoms with Crippen molar-refractivity contribution in [2.75, 3.05) is 18.0 Å². The average Bonchev–Trinajstić information content (AvgIpc) is 2.50. The van der Waals surface area contributed by atoms with Crippen LogP contribution in [0.4, 0.5) is 5.69 Å². The topological polar surface area (TPSA) is 20.3 Å². The van der Waals surface area contributed by atoms with Gasteiger partial charge >= 0.3 is 0 Å². The average molecular weight is 267 g/mol. The highest BCUT2D eigenvalue weighted by atomic mass is 16.1. The Morgan fingerprint density at radius 1 is 0.900 bits per heavy atom. The fourth-order valence-corrected chi connectivity index (χ4v) is 2.33. The number of Topliss-reactive ketones (excluding diaryl/α,β-unsaturated/α-hetero) is 1. The zero-order valence-corrected chi connectivity index (χ0v) is 12.2. The molecule has 0 aliphatic carbocycles. The molecule has 2 aromatic rings. The van der Waals surface area contributed by atoms with Gasteiger partial charge in [0.05, 0.1) is 0 Å². The molecule has 0 heterocycles. The van der Waals surface area contributed by atoms with Gasteiger partial charge < -0.3 is 4.90 Å². The van der Waals surface area contributed by atoms with E-state index in [0.717, 1.165) is 24.2 Å². The zero-order chi connectivity index (χ0) is 14.4. The number of nitrogens with zero attached hydrogens (tertiary/aromatic N) is 1. The van der Waals surface area contributed by atoms with Gasteiger partial charge in [0.2, 0.25) is 0 Å². The first-order valence-corrected chi connectivity index (χ1v) is 7.16. The minimum Gasteiger partial charge on any atom is -0.372 e. The predicted octanol–water partition coefficient (Wildman–Crippen LogP) is 3.96. The van der Waals surface area contributed by atoms with Crippen LogP contribution in [0.1, 0.15) is 29.8 Å². The second-order valence-corrected chi connectivity index (χ2v) is 4.80. The van der Waals surface area contributed by atoms with E-state index in [1.54, 1.807) is 0 Å². The van der Waals surface area contributed by atoms with E-state index < -0.39 is 0 Å². The molecule has 2 heteroatoms. The first kappa shape index (κ1) is 14.3. The van der Waals surface area contributed by atoms with E-state index in [-0.39, 0.29) is 5.78 Å². The van der Waals surface area contributed by atoms with Gasteiger partial charge in [0.25, 0.3) is 0 Å². The maximum atomic E-state index is 12.2. The minimum absolute atomic E-state index is 0.169. The maximum absolute atomic E-state index is 12.2. The second kappa shape index (κ2) is 6.90. The van der Waals surface area contributed by atoms with E-state index in [2.05, 4.69) is 18.7 Å². The van der Waals surface area contributed by atoms with Crippen LogP contribution in [0.25, 0.3) is 0 Å². The molecule has 20 heavy (non-hydrogen) atoms.